The van der Waals surface area contributed by atoms with Gasteiger partial charge in [-0.3, -0.25) is 4.99 Å². The van der Waals surface area contributed by atoms with Crippen LogP contribution in [-0.2, 0) is 0 Å². The van der Waals surface area contributed by atoms with Gasteiger partial charge in [0.1, 0.15) is 0 Å². The zero-order valence-corrected chi connectivity index (χ0v) is 6.09. The number of rotatable bonds is 2. The fraction of sp³-hybridized carbons (Fsp3) is 0.286. The predicted molar refractivity (Wildman–Crippen MR) is 43.4 cm³/mol. The van der Waals surface area contributed by atoms with Crippen molar-refractivity contribution in [2.45, 2.75) is 13.8 Å². The summed E-state index contributed by atoms with van der Waals surface area (Å²) < 4.78 is 0. The van der Waals surface area contributed by atoms with Gasteiger partial charge in [-0.1, -0.05) is 20.4 Å². The fourth-order valence-electron chi connectivity index (χ4n) is 0.158. The molecule has 0 fully saturated rings. The Morgan fingerprint density at radius 1 is 1.56 bits per heavy atom. The minimum absolute atomic E-state index is 0.537. The highest BCUT2D eigenvalue weighted by Gasteiger charge is 1.70. The van der Waals surface area contributed by atoms with E-state index in [0.29, 0.717) is 5.70 Å². The highest BCUT2D eigenvalue weighted by Crippen LogP contribution is 1.80. The molecule has 0 aliphatic carbocycles. The Balaban J connectivity index is 0. The van der Waals surface area contributed by atoms with Crippen LogP contribution in [0.4, 0.5) is 0 Å². The van der Waals surface area contributed by atoms with Crippen LogP contribution in [0.2, 0.25) is 0 Å². The highest BCUT2D eigenvalue weighted by molar-refractivity contribution is 5.27. The van der Waals surface area contributed by atoms with Gasteiger partial charge >= 0.3 is 0 Å². The quantitative estimate of drug-likeness (QED) is 0.444. The van der Waals surface area contributed by atoms with Crippen molar-refractivity contribution in [2.24, 2.45) is 10.7 Å². The number of hydrogen-bond donors (Lipinski definition) is 1. The maximum absolute atomic E-state index is 5.19. The van der Waals surface area contributed by atoms with E-state index in [4.69, 9.17) is 5.73 Å². The molecule has 2 N–H and O–H groups in total. The summed E-state index contributed by atoms with van der Waals surface area (Å²) >= 11 is 0. The molecular weight excluding hydrogens is 112 g/mol. The van der Waals surface area contributed by atoms with Crippen LogP contribution in [0.5, 0.6) is 0 Å². The average Bonchev–Trinajstić information content (AvgIpc) is 1.93. The van der Waals surface area contributed by atoms with Crippen molar-refractivity contribution in [3.8, 4) is 0 Å². The Bertz CT molecular complexity index is 103. The monoisotopic (exact) mass is 126 g/mol. The fourth-order valence-corrected chi connectivity index (χ4v) is 0.158. The van der Waals surface area contributed by atoms with Crippen molar-refractivity contribution >= 4 is 6.72 Å². The second-order valence-electron chi connectivity index (χ2n) is 1.02. The summed E-state index contributed by atoms with van der Waals surface area (Å²) in [6.07, 6.45) is 2.95. The predicted octanol–water partition coefficient (Wildman–Crippen LogP) is 1.70. The van der Waals surface area contributed by atoms with Crippen LogP contribution in [0.15, 0.2) is 29.5 Å². The molecule has 0 atom stereocenters. The second-order valence-corrected chi connectivity index (χ2v) is 1.02. The van der Waals surface area contributed by atoms with Gasteiger partial charge in [-0.25, -0.2) is 0 Å². The van der Waals surface area contributed by atoms with E-state index in [1.807, 2.05) is 13.8 Å². The molecule has 0 radical (unpaired) electrons. The third kappa shape index (κ3) is 10.9. The van der Waals surface area contributed by atoms with Gasteiger partial charge in [-0.05, 0) is 12.8 Å². The van der Waals surface area contributed by atoms with E-state index in [1.54, 1.807) is 0 Å². The lowest BCUT2D eigenvalue weighted by molar-refractivity contribution is 1.38. The van der Waals surface area contributed by atoms with E-state index >= 15 is 0 Å². The van der Waals surface area contributed by atoms with Gasteiger partial charge in [0.2, 0.25) is 0 Å². The summed E-state index contributed by atoms with van der Waals surface area (Å²) in [5.74, 6) is 0. The molecule has 2 heteroatoms. The molecule has 0 spiro atoms. The first-order valence-electron chi connectivity index (χ1n) is 2.85. The molecule has 9 heavy (non-hydrogen) atoms. The minimum Gasteiger partial charge on any atom is -0.398 e. The van der Waals surface area contributed by atoms with Crippen LogP contribution < -0.4 is 5.73 Å². The molecule has 0 aromatic heterocycles. The van der Waals surface area contributed by atoms with Gasteiger partial charge in [0.15, 0.2) is 0 Å². The lowest BCUT2D eigenvalue weighted by Crippen LogP contribution is -1.89. The molecule has 0 heterocycles. The molecular formula is C7H14N2. The van der Waals surface area contributed by atoms with Crippen molar-refractivity contribution < 1.29 is 0 Å². The van der Waals surface area contributed by atoms with Crippen molar-refractivity contribution in [1.82, 2.24) is 0 Å². The molecule has 0 aliphatic heterocycles. The maximum Gasteiger partial charge on any atom is 0.0493 e. The molecule has 0 unspecified atom stereocenters. The summed E-state index contributed by atoms with van der Waals surface area (Å²) in [6.45, 7) is 10.6. The minimum atomic E-state index is 0.537. The average molecular weight is 126 g/mol. The van der Waals surface area contributed by atoms with Crippen LogP contribution in [-0.4, -0.2) is 6.72 Å². The van der Waals surface area contributed by atoms with Crippen LogP contribution >= 0.6 is 0 Å². The lowest BCUT2D eigenvalue weighted by atomic mass is 10.5. The number of allylic oxidation sites excluding steroid dienone is 1. The normalized spacial score (nSPS) is 8.89. The number of nitrogens with two attached hydrogens (primary N) is 1. The van der Waals surface area contributed by atoms with Gasteiger partial charge in [0, 0.05) is 11.9 Å². The third-order valence-corrected chi connectivity index (χ3v) is 0.476. The zero-order chi connectivity index (χ0) is 7.70. The Kier molecular flexibility index (Phi) is 12.1. The first-order valence-corrected chi connectivity index (χ1v) is 2.85. The largest absolute Gasteiger partial charge is 0.398 e. The van der Waals surface area contributed by atoms with Crippen LogP contribution in [0.25, 0.3) is 0 Å². The van der Waals surface area contributed by atoms with Crippen molar-refractivity contribution in [3.05, 3.63) is 24.6 Å². The zero-order valence-electron chi connectivity index (χ0n) is 6.09. The highest BCUT2D eigenvalue weighted by atomic mass is 14.7. The topological polar surface area (TPSA) is 38.4 Å². The molecule has 0 rings (SSSR count). The Hall–Kier alpha value is -1.05. The maximum atomic E-state index is 5.19. The summed E-state index contributed by atoms with van der Waals surface area (Å²) in [6, 6.07) is 0. The van der Waals surface area contributed by atoms with Gasteiger partial charge in [-0.2, -0.15) is 0 Å². The van der Waals surface area contributed by atoms with E-state index in [-0.39, 0.29) is 0 Å². The second kappa shape index (κ2) is 10.0. The van der Waals surface area contributed by atoms with Gasteiger partial charge in [0.05, 0.1) is 0 Å². The molecule has 0 aliphatic rings. The molecule has 2 nitrogen and oxygen atoms in total. The van der Waals surface area contributed by atoms with Gasteiger partial charge in [-0.15, -0.1) is 0 Å². The van der Waals surface area contributed by atoms with Gasteiger partial charge in [0.25, 0.3) is 0 Å². The first-order chi connectivity index (χ1) is 4.31. The lowest BCUT2D eigenvalue weighted by Gasteiger charge is -1.81. The van der Waals surface area contributed by atoms with Crippen LogP contribution in [0, 0.1) is 0 Å². The molecule has 52 valence electrons. The Morgan fingerprint density at radius 3 is 2.11 bits per heavy atom. The molecule has 0 saturated heterocycles. The summed E-state index contributed by atoms with van der Waals surface area (Å²) in [5.41, 5.74) is 5.73. The summed E-state index contributed by atoms with van der Waals surface area (Å²) in [7, 11) is 0. The molecule has 0 bridgehead atoms. The van der Waals surface area contributed by atoms with E-state index in [0.717, 1.165) is 0 Å². The van der Waals surface area contributed by atoms with Crippen LogP contribution in [0.3, 0.4) is 0 Å². The van der Waals surface area contributed by atoms with E-state index in [9.17, 15) is 0 Å². The smallest absolute Gasteiger partial charge is 0.0493 e. The molecule has 0 aromatic rings. The van der Waals surface area contributed by atoms with Crippen molar-refractivity contribution in [1.29, 1.82) is 0 Å². The SMILES string of the molecule is C=C/C(N)=C\N=C.CC. The molecule has 0 amide bonds. The third-order valence-electron chi connectivity index (χ3n) is 0.476. The standard InChI is InChI=1S/C5H8N2.C2H6/c1-3-5(6)4-7-2;1-2/h3-4H,1-2,6H2;1-2H3/b5-4+;. The summed E-state index contributed by atoms with van der Waals surface area (Å²) in [5, 5.41) is 0. The van der Waals surface area contributed by atoms with E-state index < -0.39 is 0 Å². The number of aliphatic imine (C=N–C) groups is 1. The van der Waals surface area contributed by atoms with E-state index in [1.165, 1.54) is 12.3 Å². The number of nitrogens with zero attached hydrogens (tertiary/aromatic N) is 1. The molecule has 0 aromatic carbocycles. The number of hydrogen-bond acceptors (Lipinski definition) is 2. The first kappa shape index (κ1) is 10.8. The van der Waals surface area contributed by atoms with Crippen molar-refractivity contribution in [3.63, 3.8) is 0 Å². The van der Waals surface area contributed by atoms with Gasteiger partial charge < -0.3 is 5.73 Å². The van der Waals surface area contributed by atoms with Crippen molar-refractivity contribution in [2.75, 3.05) is 0 Å². The van der Waals surface area contributed by atoms with Crippen LogP contribution in [0.1, 0.15) is 13.8 Å². The Labute approximate surface area is 56.8 Å². The summed E-state index contributed by atoms with van der Waals surface area (Å²) in [4.78, 5) is 3.40. The van der Waals surface area contributed by atoms with E-state index in [2.05, 4.69) is 18.3 Å². The molecule has 0 saturated carbocycles. The Morgan fingerprint density at radius 2 is 2.00 bits per heavy atom.